The van der Waals surface area contributed by atoms with E-state index in [-0.39, 0.29) is 5.69 Å². The maximum atomic E-state index is 10.9. The molecule has 0 saturated heterocycles. The molecule has 7 heteroatoms. The zero-order valence-electron chi connectivity index (χ0n) is 17.7. The lowest BCUT2D eigenvalue weighted by Gasteiger charge is -2.11. The van der Waals surface area contributed by atoms with Crippen molar-refractivity contribution in [1.29, 1.82) is 0 Å². The number of halogens is 1. The minimum atomic E-state index is -0.403. The molecule has 0 spiro atoms. The van der Waals surface area contributed by atoms with Crippen LogP contribution in [0.2, 0.25) is 5.02 Å². The number of nitro groups is 1. The number of non-ortho nitro benzene ring substituents is 1. The van der Waals surface area contributed by atoms with E-state index in [0.717, 1.165) is 34.9 Å². The van der Waals surface area contributed by atoms with Gasteiger partial charge in [0.1, 0.15) is 17.3 Å². The Morgan fingerprint density at radius 1 is 0.969 bits per heavy atom. The summed E-state index contributed by atoms with van der Waals surface area (Å²) in [7, 11) is 0. The smallest absolute Gasteiger partial charge is 0.269 e. The first-order valence-electron chi connectivity index (χ1n) is 10.3. The quantitative estimate of drug-likeness (QED) is 0.224. The van der Waals surface area contributed by atoms with Gasteiger partial charge in [-0.25, -0.2) is 4.98 Å². The average Bonchev–Trinajstić information content (AvgIpc) is 3.19. The molecule has 162 valence electrons. The molecule has 32 heavy (non-hydrogen) atoms. The van der Waals surface area contributed by atoms with E-state index in [1.165, 1.54) is 12.1 Å². The summed E-state index contributed by atoms with van der Waals surface area (Å²) >= 11 is 5.93. The predicted octanol–water partition coefficient (Wildman–Crippen LogP) is 7.09. The number of ether oxygens (including phenoxy) is 1. The summed E-state index contributed by atoms with van der Waals surface area (Å²) in [5.74, 6) is 2.79. The van der Waals surface area contributed by atoms with Crippen LogP contribution < -0.4 is 4.74 Å². The third-order valence-corrected chi connectivity index (χ3v) is 5.16. The molecule has 4 aromatic rings. The van der Waals surface area contributed by atoms with Gasteiger partial charge >= 0.3 is 0 Å². The first-order valence-corrected chi connectivity index (χ1v) is 10.6. The molecule has 0 fully saturated rings. The number of rotatable bonds is 7. The first-order chi connectivity index (χ1) is 15.4. The zero-order valence-corrected chi connectivity index (χ0v) is 18.5. The molecule has 0 aliphatic carbocycles. The Balaban J connectivity index is 1.62. The highest BCUT2D eigenvalue weighted by molar-refractivity contribution is 6.30. The standard InChI is InChI=1S/C25H22ClN3O3/c1-17(2)15-25-27-24(18-3-7-21(8-4-18)29(30)31)16-28(25)20-9-13-23(14-10-20)32-22-11-5-19(26)6-12-22/h3-14,16-17H,15H2,1-2H3. The highest BCUT2D eigenvalue weighted by Crippen LogP contribution is 2.27. The van der Waals surface area contributed by atoms with Crippen LogP contribution in [-0.2, 0) is 6.42 Å². The lowest BCUT2D eigenvalue weighted by atomic mass is 10.1. The topological polar surface area (TPSA) is 70.2 Å². The van der Waals surface area contributed by atoms with Gasteiger partial charge < -0.3 is 9.30 Å². The third-order valence-electron chi connectivity index (χ3n) is 4.91. The summed E-state index contributed by atoms with van der Waals surface area (Å²) in [5, 5.41) is 11.6. The van der Waals surface area contributed by atoms with Crippen LogP contribution in [0.25, 0.3) is 16.9 Å². The molecule has 3 aromatic carbocycles. The van der Waals surface area contributed by atoms with Crippen LogP contribution >= 0.6 is 11.6 Å². The molecule has 0 atom stereocenters. The van der Waals surface area contributed by atoms with Gasteiger partial charge in [0, 0.05) is 41.0 Å². The number of nitrogens with zero attached hydrogens (tertiary/aromatic N) is 3. The normalized spacial score (nSPS) is 11.0. The van der Waals surface area contributed by atoms with Crippen LogP contribution in [-0.4, -0.2) is 14.5 Å². The summed E-state index contributed by atoms with van der Waals surface area (Å²) < 4.78 is 7.94. The summed E-state index contributed by atoms with van der Waals surface area (Å²) in [6, 6.07) is 21.5. The largest absolute Gasteiger partial charge is 0.457 e. The Kier molecular flexibility index (Phi) is 6.23. The van der Waals surface area contributed by atoms with Crippen molar-refractivity contribution in [2.45, 2.75) is 20.3 Å². The molecule has 0 aliphatic rings. The van der Waals surface area contributed by atoms with E-state index in [1.54, 1.807) is 24.3 Å². The Morgan fingerprint density at radius 2 is 1.56 bits per heavy atom. The number of aromatic nitrogens is 2. The molecule has 0 radical (unpaired) electrons. The molecule has 1 heterocycles. The first kappa shape index (κ1) is 21.6. The van der Waals surface area contributed by atoms with Crippen LogP contribution in [0, 0.1) is 16.0 Å². The highest BCUT2D eigenvalue weighted by atomic mass is 35.5. The molecule has 0 saturated carbocycles. The van der Waals surface area contributed by atoms with Crippen molar-refractivity contribution in [3.8, 4) is 28.4 Å². The molecule has 6 nitrogen and oxygen atoms in total. The lowest BCUT2D eigenvalue weighted by molar-refractivity contribution is -0.384. The number of hydrogen-bond acceptors (Lipinski definition) is 4. The summed E-state index contributed by atoms with van der Waals surface area (Å²) in [6.07, 6.45) is 2.77. The molecule has 1 aromatic heterocycles. The van der Waals surface area contributed by atoms with Crippen LogP contribution in [0.1, 0.15) is 19.7 Å². The van der Waals surface area contributed by atoms with Crippen molar-refractivity contribution in [2.24, 2.45) is 5.92 Å². The van der Waals surface area contributed by atoms with Crippen molar-refractivity contribution in [3.05, 3.63) is 100.0 Å². The van der Waals surface area contributed by atoms with E-state index in [4.69, 9.17) is 21.3 Å². The fourth-order valence-electron chi connectivity index (χ4n) is 3.36. The van der Waals surface area contributed by atoms with E-state index in [1.807, 2.05) is 42.6 Å². The zero-order chi connectivity index (χ0) is 22.7. The highest BCUT2D eigenvalue weighted by Gasteiger charge is 2.14. The van der Waals surface area contributed by atoms with Crippen LogP contribution in [0.4, 0.5) is 5.69 Å². The molecule has 0 unspecified atom stereocenters. The Labute approximate surface area is 191 Å². The van der Waals surface area contributed by atoms with Crippen LogP contribution in [0.5, 0.6) is 11.5 Å². The maximum absolute atomic E-state index is 10.9. The number of nitro benzene ring substituents is 1. The number of benzene rings is 3. The van der Waals surface area contributed by atoms with Gasteiger partial charge in [-0.15, -0.1) is 0 Å². The second-order valence-corrected chi connectivity index (χ2v) is 8.30. The van der Waals surface area contributed by atoms with E-state index in [0.29, 0.717) is 16.7 Å². The van der Waals surface area contributed by atoms with Crippen molar-refractivity contribution in [2.75, 3.05) is 0 Å². The average molecular weight is 448 g/mol. The summed E-state index contributed by atoms with van der Waals surface area (Å²) in [4.78, 5) is 15.4. The van der Waals surface area contributed by atoms with Crippen LogP contribution in [0.3, 0.4) is 0 Å². The molecule has 0 amide bonds. The van der Waals surface area contributed by atoms with E-state index in [2.05, 4.69) is 18.4 Å². The molecule has 0 N–H and O–H groups in total. The van der Waals surface area contributed by atoms with Crippen molar-refractivity contribution < 1.29 is 9.66 Å². The van der Waals surface area contributed by atoms with Gasteiger partial charge in [-0.3, -0.25) is 10.1 Å². The molecular formula is C25H22ClN3O3. The Hall–Kier alpha value is -3.64. The minimum Gasteiger partial charge on any atom is -0.457 e. The monoisotopic (exact) mass is 447 g/mol. The Bertz CT molecular complexity index is 1220. The summed E-state index contributed by atoms with van der Waals surface area (Å²) in [6.45, 7) is 4.29. The van der Waals surface area contributed by atoms with E-state index >= 15 is 0 Å². The number of hydrogen-bond donors (Lipinski definition) is 0. The van der Waals surface area contributed by atoms with Gasteiger partial charge in [-0.2, -0.15) is 0 Å². The van der Waals surface area contributed by atoms with Gasteiger partial charge in [-0.1, -0.05) is 25.4 Å². The SMILES string of the molecule is CC(C)Cc1nc(-c2ccc([N+](=O)[O-])cc2)cn1-c1ccc(Oc2ccc(Cl)cc2)cc1. The van der Waals surface area contributed by atoms with E-state index < -0.39 is 4.92 Å². The second kappa shape index (κ2) is 9.24. The van der Waals surface area contributed by atoms with Crippen molar-refractivity contribution in [3.63, 3.8) is 0 Å². The fraction of sp³-hybridized carbons (Fsp3) is 0.160. The van der Waals surface area contributed by atoms with Gasteiger partial charge in [0.15, 0.2) is 0 Å². The van der Waals surface area contributed by atoms with Gasteiger partial charge in [0.05, 0.1) is 10.6 Å². The number of imidazole rings is 1. The molecule has 0 aliphatic heterocycles. The lowest BCUT2D eigenvalue weighted by Crippen LogP contribution is -2.04. The maximum Gasteiger partial charge on any atom is 0.269 e. The predicted molar refractivity (Wildman–Crippen MR) is 126 cm³/mol. The molecular weight excluding hydrogens is 426 g/mol. The van der Waals surface area contributed by atoms with Crippen LogP contribution in [0.15, 0.2) is 79.0 Å². The van der Waals surface area contributed by atoms with Gasteiger partial charge in [0.2, 0.25) is 0 Å². The molecule has 0 bridgehead atoms. The van der Waals surface area contributed by atoms with E-state index in [9.17, 15) is 10.1 Å². The molecule has 4 rings (SSSR count). The minimum absolute atomic E-state index is 0.0619. The third kappa shape index (κ3) is 4.98. The Morgan fingerprint density at radius 3 is 2.12 bits per heavy atom. The summed E-state index contributed by atoms with van der Waals surface area (Å²) in [5.41, 5.74) is 2.63. The van der Waals surface area contributed by atoms with Crippen molar-refractivity contribution in [1.82, 2.24) is 9.55 Å². The second-order valence-electron chi connectivity index (χ2n) is 7.86. The fourth-order valence-corrected chi connectivity index (χ4v) is 3.48. The van der Waals surface area contributed by atoms with Gasteiger partial charge in [0.25, 0.3) is 5.69 Å². The van der Waals surface area contributed by atoms with Gasteiger partial charge in [-0.05, 0) is 66.6 Å². The van der Waals surface area contributed by atoms with Crippen molar-refractivity contribution >= 4 is 17.3 Å².